The summed E-state index contributed by atoms with van der Waals surface area (Å²) in [7, 11) is 0. The number of aromatic nitrogens is 2. The largest absolute Gasteiger partial charge is 0.277 e. The average molecular weight is 417 g/mol. The smallest absolute Gasteiger partial charge is 0.239 e. The van der Waals surface area contributed by atoms with Gasteiger partial charge in [0.2, 0.25) is 11.9 Å². The maximum absolute atomic E-state index is 12.5. The molecule has 0 saturated carbocycles. The number of hydrogen-bond donors (Lipinski definition) is 0. The van der Waals surface area contributed by atoms with Crippen LogP contribution in [0.5, 0.6) is 0 Å². The van der Waals surface area contributed by atoms with Crippen LogP contribution in [0, 0.1) is 0 Å². The van der Waals surface area contributed by atoms with Crippen LogP contribution in [0.4, 0.5) is 5.95 Å². The topological polar surface area (TPSA) is 46.1 Å². The minimum Gasteiger partial charge on any atom is -0.277 e. The van der Waals surface area contributed by atoms with E-state index in [1.54, 1.807) is 0 Å². The molecule has 0 bridgehead atoms. The molecule has 0 unspecified atom stereocenters. The number of amides is 1. The summed E-state index contributed by atoms with van der Waals surface area (Å²) in [5.74, 6) is 0.679. The molecule has 1 heterocycles. The molecular formula is C17H28IN3O. The number of anilines is 1. The van der Waals surface area contributed by atoms with E-state index in [0.29, 0.717) is 10.4 Å². The fourth-order valence-electron chi connectivity index (χ4n) is 2.48. The van der Waals surface area contributed by atoms with Crippen molar-refractivity contribution < 1.29 is 4.79 Å². The molecule has 0 aliphatic carbocycles. The third-order valence-electron chi connectivity index (χ3n) is 3.85. The molecule has 0 spiro atoms. The standard InChI is InChI=1S/C17H28IN3O/c1-4-7-9-15(10-8-5-2)21(16(22)11-18)17-19-12-14(6-3)13-20-17/h12-13,15H,4-11H2,1-3H3. The molecule has 1 aromatic rings. The first-order valence-electron chi connectivity index (χ1n) is 8.36. The van der Waals surface area contributed by atoms with Crippen molar-refractivity contribution >= 4 is 34.4 Å². The van der Waals surface area contributed by atoms with Gasteiger partial charge in [-0.2, -0.15) is 0 Å². The second-order valence-electron chi connectivity index (χ2n) is 5.58. The Kier molecular flexibility index (Phi) is 9.59. The second kappa shape index (κ2) is 10.9. The van der Waals surface area contributed by atoms with Crippen LogP contribution in [0.3, 0.4) is 0 Å². The van der Waals surface area contributed by atoms with Crippen molar-refractivity contribution in [1.82, 2.24) is 9.97 Å². The van der Waals surface area contributed by atoms with Gasteiger partial charge in [-0.05, 0) is 24.8 Å². The zero-order valence-corrected chi connectivity index (χ0v) is 16.2. The highest BCUT2D eigenvalue weighted by Gasteiger charge is 2.26. The van der Waals surface area contributed by atoms with Gasteiger partial charge in [-0.15, -0.1) is 0 Å². The van der Waals surface area contributed by atoms with Gasteiger partial charge in [0.05, 0.1) is 4.43 Å². The van der Waals surface area contributed by atoms with Gasteiger partial charge in [0, 0.05) is 18.4 Å². The molecule has 4 nitrogen and oxygen atoms in total. The Morgan fingerprint density at radius 3 is 2.09 bits per heavy atom. The van der Waals surface area contributed by atoms with Gasteiger partial charge in [-0.3, -0.25) is 9.69 Å². The van der Waals surface area contributed by atoms with Crippen LogP contribution in [0.15, 0.2) is 12.4 Å². The summed E-state index contributed by atoms with van der Waals surface area (Å²) in [6.45, 7) is 6.46. The molecule has 1 rings (SSSR count). The summed E-state index contributed by atoms with van der Waals surface area (Å²) in [6.07, 6.45) is 11.2. The first kappa shape index (κ1) is 19.3. The van der Waals surface area contributed by atoms with E-state index < -0.39 is 0 Å². The highest BCUT2D eigenvalue weighted by molar-refractivity contribution is 14.1. The van der Waals surface area contributed by atoms with Crippen LogP contribution in [-0.4, -0.2) is 26.3 Å². The summed E-state index contributed by atoms with van der Waals surface area (Å²) in [6, 6.07) is 0.217. The molecule has 22 heavy (non-hydrogen) atoms. The lowest BCUT2D eigenvalue weighted by Crippen LogP contribution is -2.42. The van der Waals surface area contributed by atoms with E-state index in [9.17, 15) is 4.79 Å². The third kappa shape index (κ3) is 5.82. The summed E-state index contributed by atoms with van der Waals surface area (Å²) in [4.78, 5) is 23.2. The van der Waals surface area contributed by atoms with Gasteiger partial charge in [0.1, 0.15) is 0 Å². The molecule has 1 aromatic heterocycles. The van der Waals surface area contributed by atoms with Crippen LogP contribution < -0.4 is 4.90 Å². The van der Waals surface area contributed by atoms with Crippen molar-refractivity contribution in [2.24, 2.45) is 0 Å². The lowest BCUT2D eigenvalue weighted by Gasteiger charge is -2.30. The van der Waals surface area contributed by atoms with E-state index in [0.717, 1.165) is 50.5 Å². The van der Waals surface area contributed by atoms with E-state index in [1.807, 2.05) is 17.3 Å². The Hall–Kier alpha value is -0.720. The molecule has 0 aromatic carbocycles. The third-order valence-corrected chi connectivity index (χ3v) is 4.50. The summed E-state index contributed by atoms with van der Waals surface area (Å²) >= 11 is 2.13. The lowest BCUT2D eigenvalue weighted by atomic mass is 10.0. The molecule has 124 valence electrons. The van der Waals surface area contributed by atoms with Gasteiger partial charge in [0.25, 0.3) is 0 Å². The van der Waals surface area contributed by atoms with Crippen LogP contribution >= 0.6 is 22.6 Å². The van der Waals surface area contributed by atoms with Crippen molar-refractivity contribution in [3.8, 4) is 0 Å². The molecule has 0 radical (unpaired) electrons. The minimum absolute atomic E-state index is 0.113. The molecule has 5 heteroatoms. The number of hydrogen-bond acceptors (Lipinski definition) is 3. The first-order valence-corrected chi connectivity index (χ1v) is 9.89. The maximum Gasteiger partial charge on any atom is 0.239 e. The van der Waals surface area contributed by atoms with E-state index in [-0.39, 0.29) is 11.9 Å². The van der Waals surface area contributed by atoms with Crippen molar-refractivity contribution in [2.75, 3.05) is 9.33 Å². The number of unbranched alkanes of at least 4 members (excludes halogenated alkanes) is 2. The normalized spacial score (nSPS) is 11.0. The molecule has 0 N–H and O–H groups in total. The molecule has 1 amide bonds. The molecule has 0 aliphatic rings. The number of halogens is 1. The zero-order chi connectivity index (χ0) is 16.4. The zero-order valence-electron chi connectivity index (χ0n) is 14.0. The number of alkyl halides is 1. The van der Waals surface area contributed by atoms with Gasteiger partial charge >= 0.3 is 0 Å². The van der Waals surface area contributed by atoms with Gasteiger partial charge in [0.15, 0.2) is 0 Å². The van der Waals surface area contributed by atoms with Crippen molar-refractivity contribution in [3.63, 3.8) is 0 Å². The molecule has 0 atom stereocenters. The summed E-state index contributed by atoms with van der Waals surface area (Å²) in [5, 5.41) is 0. The predicted octanol–water partition coefficient (Wildman–Crippen LogP) is 4.56. The number of rotatable bonds is 10. The first-order chi connectivity index (χ1) is 10.7. The van der Waals surface area contributed by atoms with Crippen molar-refractivity contribution in [1.29, 1.82) is 0 Å². The monoisotopic (exact) mass is 417 g/mol. The Morgan fingerprint density at radius 2 is 1.68 bits per heavy atom. The van der Waals surface area contributed by atoms with Gasteiger partial charge in [-0.25, -0.2) is 9.97 Å². The number of aryl methyl sites for hydroxylation is 1. The number of carbonyl (C=O) groups is 1. The fourth-order valence-corrected chi connectivity index (χ4v) is 2.85. The van der Waals surface area contributed by atoms with E-state index in [1.165, 1.54) is 0 Å². The highest BCUT2D eigenvalue weighted by atomic mass is 127. The minimum atomic E-state index is 0.113. The van der Waals surface area contributed by atoms with E-state index >= 15 is 0 Å². The number of carbonyl (C=O) groups excluding carboxylic acids is 1. The summed E-state index contributed by atoms with van der Waals surface area (Å²) in [5.41, 5.74) is 1.10. The predicted molar refractivity (Wildman–Crippen MR) is 101 cm³/mol. The molecule has 0 saturated heterocycles. The van der Waals surface area contributed by atoms with Gasteiger partial charge < -0.3 is 0 Å². The highest BCUT2D eigenvalue weighted by Crippen LogP contribution is 2.21. The van der Waals surface area contributed by atoms with Gasteiger partial charge in [-0.1, -0.05) is 69.0 Å². The van der Waals surface area contributed by atoms with Crippen LogP contribution in [0.2, 0.25) is 0 Å². The van der Waals surface area contributed by atoms with Crippen LogP contribution in [0.1, 0.15) is 64.9 Å². The molecular weight excluding hydrogens is 389 g/mol. The van der Waals surface area contributed by atoms with E-state index in [2.05, 4.69) is 53.3 Å². The average Bonchev–Trinajstić information content (AvgIpc) is 2.57. The summed E-state index contributed by atoms with van der Waals surface area (Å²) < 4.78 is 0.464. The Balaban J connectivity index is 3.02. The van der Waals surface area contributed by atoms with Crippen LogP contribution in [-0.2, 0) is 11.2 Å². The second-order valence-corrected chi connectivity index (χ2v) is 6.34. The SMILES string of the molecule is CCCCC(CCCC)N(C(=O)CI)c1ncc(CC)cn1. The van der Waals surface area contributed by atoms with Crippen LogP contribution in [0.25, 0.3) is 0 Å². The Morgan fingerprint density at radius 1 is 1.14 bits per heavy atom. The Labute approximate surface area is 148 Å². The maximum atomic E-state index is 12.5. The lowest BCUT2D eigenvalue weighted by molar-refractivity contribution is -0.116. The van der Waals surface area contributed by atoms with E-state index in [4.69, 9.17) is 0 Å². The molecule has 0 aliphatic heterocycles. The number of nitrogens with zero attached hydrogens (tertiary/aromatic N) is 3. The van der Waals surface area contributed by atoms with Crippen molar-refractivity contribution in [2.45, 2.75) is 71.8 Å². The fraction of sp³-hybridized carbons (Fsp3) is 0.706. The Bertz CT molecular complexity index is 428. The molecule has 0 fully saturated rings. The van der Waals surface area contributed by atoms with Crippen molar-refractivity contribution in [3.05, 3.63) is 18.0 Å². The quantitative estimate of drug-likeness (QED) is 0.414.